The average molecular weight is 319 g/mol. The highest BCUT2D eigenvalue weighted by Crippen LogP contribution is 2.24. The van der Waals surface area contributed by atoms with Gasteiger partial charge in [0, 0.05) is 0 Å². The SMILES string of the molecule is O=C(O)C(Cl)n1cnc2c(OCc3ccccc3)ncnc21. The van der Waals surface area contributed by atoms with Crippen molar-refractivity contribution < 1.29 is 14.6 Å². The minimum Gasteiger partial charge on any atom is -0.479 e. The highest BCUT2D eigenvalue weighted by atomic mass is 35.5. The molecule has 0 aliphatic carbocycles. The number of ether oxygens (including phenoxy) is 1. The Morgan fingerprint density at radius 3 is 2.77 bits per heavy atom. The molecular weight excluding hydrogens is 308 g/mol. The number of halogens is 1. The minimum absolute atomic E-state index is 0.279. The zero-order valence-electron chi connectivity index (χ0n) is 11.3. The van der Waals surface area contributed by atoms with Crippen LogP contribution in [-0.2, 0) is 11.4 Å². The van der Waals surface area contributed by atoms with Crippen molar-refractivity contribution in [2.45, 2.75) is 12.1 Å². The van der Waals surface area contributed by atoms with Gasteiger partial charge in [-0.3, -0.25) is 4.57 Å². The number of alkyl halides is 1. The van der Waals surface area contributed by atoms with Crippen molar-refractivity contribution in [3.8, 4) is 5.88 Å². The number of carbonyl (C=O) groups is 1. The molecule has 0 bridgehead atoms. The molecule has 1 N–H and O–H groups in total. The maximum absolute atomic E-state index is 11.0. The molecule has 0 aliphatic heterocycles. The second-order valence-electron chi connectivity index (χ2n) is 4.45. The summed E-state index contributed by atoms with van der Waals surface area (Å²) in [7, 11) is 0. The van der Waals surface area contributed by atoms with Crippen molar-refractivity contribution in [1.29, 1.82) is 0 Å². The predicted molar refractivity (Wildman–Crippen MR) is 78.6 cm³/mol. The van der Waals surface area contributed by atoms with Crippen LogP contribution in [0.15, 0.2) is 43.0 Å². The van der Waals surface area contributed by atoms with Gasteiger partial charge in [-0.2, -0.15) is 4.98 Å². The number of benzene rings is 1. The monoisotopic (exact) mass is 318 g/mol. The molecule has 22 heavy (non-hydrogen) atoms. The molecule has 0 amide bonds. The normalized spacial score (nSPS) is 12.2. The summed E-state index contributed by atoms with van der Waals surface area (Å²) in [4.78, 5) is 23.1. The van der Waals surface area contributed by atoms with E-state index < -0.39 is 11.5 Å². The van der Waals surface area contributed by atoms with Gasteiger partial charge in [0.1, 0.15) is 12.9 Å². The quantitative estimate of drug-likeness (QED) is 0.725. The van der Waals surface area contributed by atoms with Crippen LogP contribution >= 0.6 is 11.6 Å². The standard InChI is InChI=1S/C14H11ClN4O3/c15-11(14(20)21)19-8-18-10-12(19)16-7-17-13(10)22-6-9-4-2-1-3-5-9/h1-5,7-8,11H,6H2,(H,20,21). The van der Waals surface area contributed by atoms with E-state index in [0.717, 1.165) is 5.56 Å². The highest BCUT2D eigenvalue weighted by molar-refractivity contribution is 6.27. The van der Waals surface area contributed by atoms with Crippen LogP contribution in [0.3, 0.4) is 0 Å². The molecule has 1 atom stereocenters. The van der Waals surface area contributed by atoms with Crippen molar-refractivity contribution in [3.05, 3.63) is 48.5 Å². The van der Waals surface area contributed by atoms with Gasteiger partial charge in [-0.05, 0) is 5.56 Å². The molecular formula is C14H11ClN4O3. The van der Waals surface area contributed by atoms with Crippen LogP contribution in [0.5, 0.6) is 5.88 Å². The van der Waals surface area contributed by atoms with E-state index in [9.17, 15) is 4.79 Å². The molecule has 2 heterocycles. The Kier molecular flexibility index (Phi) is 3.88. The summed E-state index contributed by atoms with van der Waals surface area (Å²) in [6.07, 6.45) is 2.59. The van der Waals surface area contributed by atoms with E-state index in [0.29, 0.717) is 17.8 Å². The lowest BCUT2D eigenvalue weighted by atomic mass is 10.2. The molecule has 0 aliphatic rings. The van der Waals surface area contributed by atoms with Crippen molar-refractivity contribution in [2.75, 3.05) is 0 Å². The van der Waals surface area contributed by atoms with Gasteiger partial charge in [0.25, 0.3) is 0 Å². The third kappa shape index (κ3) is 2.71. The minimum atomic E-state index is -1.29. The molecule has 0 saturated heterocycles. The molecule has 2 aromatic heterocycles. The summed E-state index contributed by atoms with van der Waals surface area (Å²) in [5.74, 6) is -0.909. The Bertz CT molecular complexity index is 806. The molecule has 112 valence electrons. The Hall–Kier alpha value is -2.67. The highest BCUT2D eigenvalue weighted by Gasteiger charge is 2.21. The molecule has 1 aromatic carbocycles. The molecule has 1 unspecified atom stereocenters. The summed E-state index contributed by atoms with van der Waals surface area (Å²) >= 11 is 5.81. The summed E-state index contributed by atoms with van der Waals surface area (Å²) in [5.41, 5.74) is 0.363. The lowest BCUT2D eigenvalue weighted by Crippen LogP contribution is -2.12. The topological polar surface area (TPSA) is 90.1 Å². The number of carboxylic acids is 1. The number of hydrogen-bond acceptors (Lipinski definition) is 5. The van der Waals surface area contributed by atoms with Crippen LogP contribution in [0.2, 0.25) is 0 Å². The summed E-state index contributed by atoms with van der Waals surface area (Å²) < 4.78 is 6.89. The predicted octanol–water partition coefficient (Wildman–Crippen LogP) is 2.23. The molecule has 3 aromatic rings. The Labute approximate surface area is 130 Å². The van der Waals surface area contributed by atoms with Gasteiger partial charge in [-0.15, -0.1) is 0 Å². The zero-order valence-corrected chi connectivity index (χ0v) is 12.0. The fraction of sp³-hybridized carbons (Fsp3) is 0.143. The van der Waals surface area contributed by atoms with Crippen LogP contribution in [0.1, 0.15) is 11.1 Å². The summed E-state index contributed by atoms with van der Waals surface area (Å²) in [6, 6.07) is 9.59. The number of fused-ring (bicyclic) bond motifs is 1. The molecule has 8 heteroatoms. The van der Waals surface area contributed by atoms with Gasteiger partial charge in [-0.1, -0.05) is 41.9 Å². The molecule has 3 rings (SSSR count). The van der Waals surface area contributed by atoms with Crippen molar-refractivity contribution >= 4 is 28.7 Å². The Morgan fingerprint density at radius 2 is 2.05 bits per heavy atom. The van der Waals surface area contributed by atoms with E-state index in [1.807, 2.05) is 30.3 Å². The first-order chi connectivity index (χ1) is 10.7. The number of aromatic nitrogens is 4. The Morgan fingerprint density at radius 1 is 1.27 bits per heavy atom. The van der Waals surface area contributed by atoms with Crippen molar-refractivity contribution in [3.63, 3.8) is 0 Å². The van der Waals surface area contributed by atoms with Gasteiger partial charge in [0.2, 0.25) is 11.4 Å². The van der Waals surface area contributed by atoms with E-state index in [4.69, 9.17) is 21.4 Å². The van der Waals surface area contributed by atoms with Gasteiger partial charge < -0.3 is 9.84 Å². The fourth-order valence-corrected chi connectivity index (χ4v) is 2.09. The summed E-state index contributed by atoms with van der Waals surface area (Å²) in [5, 5.41) is 8.98. The first-order valence-electron chi connectivity index (χ1n) is 6.38. The number of hydrogen-bond donors (Lipinski definition) is 1. The number of carboxylic acid groups (broad SMARTS) is 1. The van der Waals surface area contributed by atoms with Crippen molar-refractivity contribution in [2.24, 2.45) is 0 Å². The van der Waals surface area contributed by atoms with E-state index in [1.54, 1.807) is 0 Å². The van der Waals surface area contributed by atoms with Crippen LogP contribution < -0.4 is 4.74 Å². The van der Waals surface area contributed by atoms with Crippen LogP contribution in [0.4, 0.5) is 0 Å². The van der Waals surface area contributed by atoms with Gasteiger partial charge in [0.05, 0.1) is 6.33 Å². The van der Waals surface area contributed by atoms with Crippen LogP contribution in [0.25, 0.3) is 11.2 Å². The molecule has 0 fully saturated rings. The number of nitrogens with zero attached hydrogens (tertiary/aromatic N) is 4. The second-order valence-corrected chi connectivity index (χ2v) is 4.86. The molecule has 0 saturated carbocycles. The first-order valence-corrected chi connectivity index (χ1v) is 6.81. The van der Waals surface area contributed by atoms with Crippen LogP contribution in [0, 0.1) is 0 Å². The number of rotatable bonds is 5. The maximum Gasteiger partial charge on any atom is 0.342 e. The number of imidazole rings is 1. The number of aliphatic carboxylic acids is 1. The van der Waals surface area contributed by atoms with E-state index >= 15 is 0 Å². The van der Waals surface area contributed by atoms with E-state index in [1.165, 1.54) is 17.2 Å². The lowest BCUT2D eigenvalue weighted by Gasteiger charge is -2.07. The van der Waals surface area contributed by atoms with Gasteiger partial charge >= 0.3 is 5.97 Å². The maximum atomic E-state index is 11.0. The third-order valence-corrected chi connectivity index (χ3v) is 3.39. The molecule has 0 radical (unpaired) electrons. The first kappa shape index (κ1) is 14.3. The molecule has 7 nitrogen and oxygen atoms in total. The third-order valence-electron chi connectivity index (χ3n) is 2.99. The van der Waals surface area contributed by atoms with E-state index in [2.05, 4.69) is 15.0 Å². The fourth-order valence-electron chi connectivity index (χ4n) is 1.95. The summed E-state index contributed by atoms with van der Waals surface area (Å²) in [6.45, 7) is 0.322. The van der Waals surface area contributed by atoms with Gasteiger partial charge in [-0.25, -0.2) is 14.8 Å². The average Bonchev–Trinajstić information content (AvgIpc) is 2.97. The smallest absolute Gasteiger partial charge is 0.342 e. The second kappa shape index (κ2) is 5.98. The lowest BCUT2D eigenvalue weighted by molar-refractivity contribution is -0.138. The largest absolute Gasteiger partial charge is 0.479 e. The van der Waals surface area contributed by atoms with Gasteiger partial charge in [0.15, 0.2) is 11.2 Å². The Balaban J connectivity index is 1.90. The van der Waals surface area contributed by atoms with E-state index in [-0.39, 0.29) is 5.88 Å². The zero-order chi connectivity index (χ0) is 15.5. The molecule has 0 spiro atoms. The van der Waals surface area contributed by atoms with Crippen molar-refractivity contribution in [1.82, 2.24) is 19.5 Å². The van der Waals surface area contributed by atoms with Crippen LogP contribution in [-0.4, -0.2) is 30.6 Å².